The van der Waals surface area contributed by atoms with Gasteiger partial charge in [-0.2, -0.15) is 0 Å². The predicted molar refractivity (Wildman–Crippen MR) is 114 cm³/mol. The standard InChI is InChI=1S/C24H22N2O3/c1-15-4-10-20(11-5-15)28-14-22(27)25-19-8-6-18(7-9-19)24-26-21-13-16(2)12-17(3)23(21)29-24/h4-13H,14H2,1-3H3,(H,25,27). The van der Waals surface area contributed by atoms with Crippen LogP contribution in [0.5, 0.6) is 5.75 Å². The molecule has 0 saturated carbocycles. The Morgan fingerprint density at radius 1 is 0.966 bits per heavy atom. The number of oxazole rings is 1. The third kappa shape index (κ3) is 4.29. The van der Waals surface area contributed by atoms with E-state index in [2.05, 4.69) is 16.4 Å². The van der Waals surface area contributed by atoms with Gasteiger partial charge in [-0.1, -0.05) is 23.8 Å². The fourth-order valence-electron chi connectivity index (χ4n) is 3.18. The van der Waals surface area contributed by atoms with Gasteiger partial charge in [-0.05, 0) is 74.4 Å². The monoisotopic (exact) mass is 386 g/mol. The maximum atomic E-state index is 12.1. The Balaban J connectivity index is 1.42. The molecule has 1 amide bonds. The summed E-state index contributed by atoms with van der Waals surface area (Å²) in [4.78, 5) is 16.7. The molecule has 4 aromatic rings. The molecule has 0 fully saturated rings. The summed E-state index contributed by atoms with van der Waals surface area (Å²) in [5.41, 5.74) is 6.56. The van der Waals surface area contributed by atoms with Gasteiger partial charge in [0.15, 0.2) is 12.2 Å². The van der Waals surface area contributed by atoms with Crippen LogP contribution in [0.2, 0.25) is 0 Å². The van der Waals surface area contributed by atoms with Gasteiger partial charge in [0, 0.05) is 11.3 Å². The van der Waals surface area contributed by atoms with Crippen LogP contribution in [0.15, 0.2) is 65.1 Å². The maximum absolute atomic E-state index is 12.1. The molecule has 1 aromatic heterocycles. The zero-order valence-electron chi connectivity index (χ0n) is 16.7. The first-order valence-corrected chi connectivity index (χ1v) is 9.45. The molecule has 3 aromatic carbocycles. The van der Waals surface area contributed by atoms with Crippen molar-refractivity contribution in [2.45, 2.75) is 20.8 Å². The average molecular weight is 386 g/mol. The van der Waals surface area contributed by atoms with Gasteiger partial charge in [0.25, 0.3) is 5.91 Å². The first-order chi connectivity index (χ1) is 14.0. The van der Waals surface area contributed by atoms with Crippen molar-refractivity contribution in [3.8, 4) is 17.2 Å². The van der Waals surface area contributed by atoms with E-state index in [1.807, 2.05) is 75.4 Å². The normalized spacial score (nSPS) is 10.9. The summed E-state index contributed by atoms with van der Waals surface area (Å²) in [5.74, 6) is 1.02. The van der Waals surface area contributed by atoms with E-state index >= 15 is 0 Å². The van der Waals surface area contributed by atoms with Gasteiger partial charge in [0.2, 0.25) is 5.89 Å². The minimum atomic E-state index is -0.216. The lowest BCUT2D eigenvalue weighted by atomic mass is 10.1. The van der Waals surface area contributed by atoms with Gasteiger partial charge in [-0.25, -0.2) is 4.98 Å². The summed E-state index contributed by atoms with van der Waals surface area (Å²) in [5, 5.41) is 2.83. The lowest BCUT2D eigenvalue weighted by Gasteiger charge is -2.08. The first kappa shape index (κ1) is 18.7. The highest BCUT2D eigenvalue weighted by atomic mass is 16.5. The zero-order valence-corrected chi connectivity index (χ0v) is 16.7. The van der Waals surface area contributed by atoms with Gasteiger partial charge >= 0.3 is 0 Å². The van der Waals surface area contributed by atoms with Crippen molar-refractivity contribution in [1.82, 2.24) is 4.98 Å². The number of ether oxygens (including phenoxy) is 1. The van der Waals surface area contributed by atoms with Crippen LogP contribution in [0.1, 0.15) is 16.7 Å². The van der Waals surface area contributed by atoms with E-state index in [-0.39, 0.29) is 12.5 Å². The van der Waals surface area contributed by atoms with Crippen molar-refractivity contribution >= 4 is 22.7 Å². The molecule has 5 heteroatoms. The predicted octanol–water partition coefficient (Wildman–Crippen LogP) is 5.44. The number of fused-ring (bicyclic) bond motifs is 1. The molecule has 0 bridgehead atoms. The molecule has 0 radical (unpaired) electrons. The van der Waals surface area contributed by atoms with Crippen molar-refractivity contribution in [2.75, 3.05) is 11.9 Å². The number of aryl methyl sites for hydroxylation is 3. The molecule has 29 heavy (non-hydrogen) atoms. The summed E-state index contributed by atoms with van der Waals surface area (Å²) in [6, 6.07) is 19.1. The van der Waals surface area contributed by atoms with Crippen LogP contribution in [0.4, 0.5) is 5.69 Å². The number of benzene rings is 3. The lowest BCUT2D eigenvalue weighted by molar-refractivity contribution is -0.118. The molecule has 0 aliphatic rings. The summed E-state index contributed by atoms with van der Waals surface area (Å²) in [7, 11) is 0. The summed E-state index contributed by atoms with van der Waals surface area (Å²) in [6.07, 6.45) is 0. The van der Waals surface area contributed by atoms with Gasteiger partial charge in [0.05, 0.1) is 0 Å². The summed E-state index contributed by atoms with van der Waals surface area (Å²) in [6.45, 7) is 6.01. The number of carbonyl (C=O) groups is 1. The summed E-state index contributed by atoms with van der Waals surface area (Å²) >= 11 is 0. The number of amides is 1. The average Bonchev–Trinajstić information content (AvgIpc) is 3.12. The molecule has 0 aliphatic heterocycles. The molecule has 1 heterocycles. The van der Waals surface area contributed by atoms with Crippen molar-refractivity contribution in [3.63, 3.8) is 0 Å². The number of nitrogens with one attached hydrogen (secondary N) is 1. The largest absolute Gasteiger partial charge is 0.484 e. The van der Waals surface area contributed by atoms with E-state index in [0.29, 0.717) is 17.3 Å². The molecule has 0 saturated heterocycles. The number of aromatic nitrogens is 1. The molecule has 146 valence electrons. The Morgan fingerprint density at radius 2 is 1.69 bits per heavy atom. The molecule has 0 spiro atoms. The van der Waals surface area contributed by atoms with E-state index in [1.54, 1.807) is 0 Å². The van der Waals surface area contributed by atoms with E-state index in [4.69, 9.17) is 9.15 Å². The Kier molecular flexibility index (Phi) is 5.04. The summed E-state index contributed by atoms with van der Waals surface area (Å²) < 4.78 is 11.4. The van der Waals surface area contributed by atoms with Crippen LogP contribution in [0, 0.1) is 20.8 Å². The second kappa shape index (κ2) is 7.80. The number of anilines is 1. The van der Waals surface area contributed by atoms with Crippen molar-refractivity contribution < 1.29 is 13.9 Å². The second-order valence-corrected chi connectivity index (χ2v) is 7.18. The van der Waals surface area contributed by atoms with Gasteiger partial charge in [-0.3, -0.25) is 4.79 Å². The minimum absolute atomic E-state index is 0.0471. The van der Waals surface area contributed by atoms with Crippen LogP contribution < -0.4 is 10.1 Å². The smallest absolute Gasteiger partial charge is 0.262 e. The highest BCUT2D eigenvalue weighted by Gasteiger charge is 2.11. The molecule has 1 N–H and O–H groups in total. The number of rotatable bonds is 5. The van der Waals surface area contributed by atoms with Crippen LogP contribution in [-0.4, -0.2) is 17.5 Å². The highest BCUT2D eigenvalue weighted by molar-refractivity contribution is 5.92. The van der Waals surface area contributed by atoms with E-state index in [1.165, 1.54) is 0 Å². The Labute approximate surface area is 169 Å². The van der Waals surface area contributed by atoms with Crippen LogP contribution >= 0.6 is 0 Å². The fraction of sp³-hybridized carbons (Fsp3) is 0.167. The molecular formula is C24H22N2O3. The maximum Gasteiger partial charge on any atom is 0.262 e. The lowest BCUT2D eigenvalue weighted by Crippen LogP contribution is -2.20. The first-order valence-electron chi connectivity index (χ1n) is 9.45. The Hall–Kier alpha value is -3.60. The Morgan fingerprint density at radius 3 is 2.41 bits per heavy atom. The van der Waals surface area contributed by atoms with Crippen LogP contribution in [0.3, 0.4) is 0 Å². The number of hydrogen-bond acceptors (Lipinski definition) is 4. The molecule has 0 aliphatic carbocycles. The molecule has 4 rings (SSSR count). The van der Waals surface area contributed by atoms with Crippen molar-refractivity contribution in [1.29, 1.82) is 0 Å². The molecule has 5 nitrogen and oxygen atoms in total. The molecular weight excluding hydrogens is 364 g/mol. The van der Waals surface area contributed by atoms with Crippen molar-refractivity contribution in [3.05, 3.63) is 77.4 Å². The Bertz CT molecular complexity index is 1160. The van der Waals surface area contributed by atoms with Gasteiger partial charge < -0.3 is 14.5 Å². The molecule has 0 atom stereocenters. The number of nitrogens with zero attached hydrogens (tertiary/aromatic N) is 1. The van der Waals surface area contributed by atoms with E-state index in [9.17, 15) is 4.79 Å². The topological polar surface area (TPSA) is 64.4 Å². The van der Waals surface area contributed by atoms with Crippen molar-refractivity contribution in [2.24, 2.45) is 0 Å². The third-order valence-corrected chi connectivity index (χ3v) is 4.63. The second-order valence-electron chi connectivity index (χ2n) is 7.18. The van der Waals surface area contributed by atoms with Crippen LogP contribution in [0.25, 0.3) is 22.6 Å². The number of hydrogen-bond donors (Lipinski definition) is 1. The van der Waals surface area contributed by atoms with Gasteiger partial charge in [-0.15, -0.1) is 0 Å². The zero-order chi connectivity index (χ0) is 20.4. The quantitative estimate of drug-likeness (QED) is 0.496. The SMILES string of the molecule is Cc1ccc(OCC(=O)Nc2ccc(-c3nc4cc(C)cc(C)c4o3)cc2)cc1. The van der Waals surface area contributed by atoms with E-state index < -0.39 is 0 Å². The highest BCUT2D eigenvalue weighted by Crippen LogP contribution is 2.28. The molecule has 0 unspecified atom stereocenters. The van der Waals surface area contributed by atoms with Gasteiger partial charge in [0.1, 0.15) is 11.3 Å². The van der Waals surface area contributed by atoms with E-state index in [0.717, 1.165) is 33.4 Å². The fourth-order valence-corrected chi connectivity index (χ4v) is 3.18. The van der Waals surface area contributed by atoms with Crippen LogP contribution in [-0.2, 0) is 4.79 Å². The number of carbonyl (C=O) groups excluding carboxylic acids is 1. The third-order valence-electron chi connectivity index (χ3n) is 4.63. The minimum Gasteiger partial charge on any atom is -0.484 e.